The normalized spacial score (nSPS) is 15.5. The largest absolute Gasteiger partial charge is 0.348 e. The first kappa shape index (κ1) is 23.3. The number of likely N-dealkylation sites (N-methyl/N-ethyl adjacent to an activating group) is 2. The van der Waals surface area contributed by atoms with Crippen LogP contribution in [-0.2, 0) is 19.6 Å². The molecule has 1 aliphatic rings. The summed E-state index contributed by atoms with van der Waals surface area (Å²) in [4.78, 5) is 27.2. The van der Waals surface area contributed by atoms with Gasteiger partial charge < -0.3 is 10.2 Å². The second-order valence-electron chi connectivity index (χ2n) is 7.85. The molecule has 0 aromatic heterocycles. The van der Waals surface area contributed by atoms with Crippen LogP contribution in [0.25, 0.3) is 0 Å². The third-order valence-electron chi connectivity index (χ3n) is 5.22. The van der Waals surface area contributed by atoms with Crippen LogP contribution in [0.5, 0.6) is 0 Å². The molecule has 0 saturated heterocycles. The second kappa shape index (κ2) is 10.2. The Hall–Kier alpha value is -1.97. The molecule has 29 heavy (non-hydrogen) atoms. The van der Waals surface area contributed by atoms with Crippen molar-refractivity contribution in [3.8, 4) is 0 Å². The molecule has 1 N–H and O–H groups in total. The maximum Gasteiger partial charge on any atom is 0.243 e. The summed E-state index contributed by atoms with van der Waals surface area (Å²) in [5, 5.41) is 2.73. The number of amides is 2. The fourth-order valence-electron chi connectivity index (χ4n) is 3.39. The molecule has 0 atom stereocenters. The second-order valence-corrected chi connectivity index (χ2v) is 9.84. The van der Waals surface area contributed by atoms with Crippen molar-refractivity contribution in [1.82, 2.24) is 14.1 Å². The highest BCUT2D eigenvalue weighted by molar-refractivity contribution is 7.89. The third kappa shape index (κ3) is 6.52. The van der Waals surface area contributed by atoms with Crippen LogP contribution in [0.3, 0.4) is 0 Å². The molecule has 0 aliphatic heterocycles. The zero-order valence-electron chi connectivity index (χ0n) is 17.7. The summed E-state index contributed by atoms with van der Waals surface area (Å²) in [6, 6.07) is 6.26. The van der Waals surface area contributed by atoms with E-state index < -0.39 is 10.0 Å². The van der Waals surface area contributed by atoms with Crippen LogP contribution in [0, 0.1) is 0 Å². The number of nitrogens with one attached hydrogen (secondary N) is 1. The number of nitrogens with zero attached hydrogens (tertiary/aromatic N) is 3. The Morgan fingerprint density at radius 3 is 2.10 bits per heavy atom. The molecular formula is C20H32N4O4S. The average Bonchev–Trinajstić information content (AvgIpc) is 2.68. The summed E-state index contributed by atoms with van der Waals surface area (Å²) in [7, 11) is 3.11. The first-order chi connectivity index (χ1) is 13.6. The summed E-state index contributed by atoms with van der Waals surface area (Å²) in [5.41, 5.74) is 0.515. The molecular weight excluding hydrogens is 392 g/mol. The number of rotatable bonds is 8. The lowest BCUT2D eigenvalue weighted by atomic mass is 9.96. The monoisotopic (exact) mass is 424 g/mol. The Morgan fingerprint density at radius 2 is 1.55 bits per heavy atom. The fourth-order valence-corrected chi connectivity index (χ4v) is 4.81. The van der Waals surface area contributed by atoms with Crippen LogP contribution in [0.1, 0.15) is 32.1 Å². The van der Waals surface area contributed by atoms with Crippen molar-refractivity contribution in [2.24, 2.45) is 0 Å². The van der Waals surface area contributed by atoms with Gasteiger partial charge in [0.25, 0.3) is 0 Å². The average molecular weight is 425 g/mol. The lowest BCUT2D eigenvalue weighted by Gasteiger charge is -2.30. The number of hydrogen-bond donors (Lipinski definition) is 1. The minimum absolute atomic E-state index is 0.0496. The van der Waals surface area contributed by atoms with E-state index in [0.717, 1.165) is 32.1 Å². The Labute approximate surface area is 173 Å². The summed E-state index contributed by atoms with van der Waals surface area (Å²) in [5.74, 6) is -0.356. The van der Waals surface area contributed by atoms with E-state index in [1.807, 2.05) is 0 Å². The van der Waals surface area contributed by atoms with Crippen molar-refractivity contribution in [2.75, 3.05) is 46.6 Å². The molecule has 162 valence electrons. The Bertz CT molecular complexity index is 802. The first-order valence-corrected chi connectivity index (χ1v) is 11.3. The van der Waals surface area contributed by atoms with Crippen molar-refractivity contribution in [3.63, 3.8) is 0 Å². The lowest BCUT2D eigenvalue weighted by Crippen LogP contribution is -2.38. The van der Waals surface area contributed by atoms with Crippen molar-refractivity contribution in [1.29, 1.82) is 0 Å². The highest BCUT2D eigenvalue weighted by atomic mass is 32.2. The van der Waals surface area contributed by atoms with Gasteiger partial charge in [-0.05, 0) is 44.2 Å². The van der Waals surface area contributed by atoms with Crippen LogP contribution in [0.4, 0.5) is 5.69 Å². The molecule has 1 aromatic rings. The molecule has 0 heterocycles. The van der Waals surface area contributed by atoms with Gasteiger partial charge in [-0.1, -0.05) is 19.3 Å². The van der Waals surface area contributed by atoms with Gasteiger partial charge in [-0.3, -0.25) is 14.5 Å². The van der Waals surface area contributed by atoms with Gasteiger partial charge in [0, 0.05) is 32.9 Å². The molecule has 1 saturated carbocycles. The molecule has 9 heteroatoms. The molecule has 0 unspecified atom stereocenters. The summed E-state index contributed by atoms with van der Waals surface area (Å²) >= 11 is 0. The topological polar surface area (TPSA) is 90.0 Å². The van der Waals surface area contributed by atoms with Crippen molar-refractivity contribution in [2.45, 2.75) is 43.0 Å². The Morgan fingerprint density at radius 1 is 0.966 bits per heavy atom. The molecule has 8 nitrogen and oxygen atoms in total. The number of benzene rings is 1. The van der Waals surface area contributed by atoms with E-state index in [1.54, 1.807) is 45.2 Å². The van der Waals surface area contributed by atoms with E-state index in [1.165, 1.54) is 21.3 Å². The Kier molecular flexibility index (Phi) is 8.18. The van der Waals surface area contributed by atoms with E-state index in [-0.39, 0.29) is 35.8 Å². The van der Waals surface area contributed by atoms with Gasteiger partial charge in [-0.15, -0.1) is 0 Å². The Balaban J connectivity index is 1.95. The van der Waals surface area contributed by atoms with E-state index in [9.17, 15) is 18.0 Å². The first-order valence-electron chi connectivity index (χ1n) is 9.88. The molecule has 1 aliphatic carbocycles. The van der Waals surface area contributed by atoms with Crippen LogP contribution < -0.4 is 5.32 Å². The minimum Gasteiger partial charge on any atom is -0.348 e. The van der Waals surface area contributed by atoms with Crippen molar-refractivity contribution < 1.29 is 18.0 Å². The van der Waals surface area contributed by atoms with Gasteiger partial charge in [0.05, 0.1) is 18.0 Å². The van der Waals surface area contributed by atoms with Crippen LogP contribution >= 0.6 is 0 Å². The predicted molar refractivity (Wildman–Crippen MR) is 113 cm³/mol. The number of sulfonamides is 1. The zero-order chi connectivity index (χ0) is 21.6. The molecule has 2 rings (SSSR count). The van der Waals surface area contributed by atoms with E-state index in [2.05, 4.69) is 5.32 Å². The van der Waals surface area contributed by atoms with Gasteiger partial charge >= 0.3 is 0 Å². The smallest absolute Gasteiger partial charge is 0.243 e. The van der Waals surface area contributed by atoms with Crippen LogP contribution in [0.15, 0.2) is 29.2 Å². The van der Waals surface area contributed by atoms with Gasteiger partial charge in [-0.2, -0.15) is 4.31 Å². The van der Waals surface area contributed by atoms with Crippen molar-refractivity contribution in [3.05, 3.63) is 24.3 Å². The molecule has 0 radical (unpaired) electrons. The predicted octanol–water partition coefficient (Wildman–Crippen LogP) is 1.60. The molecule has 2 amide bonds. The van der Waals surface area contributed by atoms with Gasteiger partial charge in [0.1, 0.15) is 0 Å². The number of anilines is 1. The van der Waals surface area contributed by atoms with Gasteiger partial charge in [0.15, 0.2) is 0 Å². The van der Waals surface area contributed by atoms with Gasteiger partial charge in [0.2, 0.25) is 21.8 Å². The molecule has 0 bridgehead atoms. The SMILES string of the molecule is CN(CC(=O)Nc1ccc(S(=O)(=O)N(C)C2CCCCC2)cc1)CC(=O)N(C)C. The number of hydrogen-bond acceptors (Lipinski definition) is 5. The highest BCUT2D eigenvalue weighted by Gasteiger charge is 2.28. The molecule has 1 fully saturated rings. The minimum atomic E-state index is -3.55. The maximum absolute atomic E-state index is 12.9. The van der Waals surface area contributed by atoms with E-state index in [0.29, 0.717) is 5.69 Å². The van der Waals surface area contributed by atoms with Crippen LogP contribution in [0.2, 0.25) is 0 Å². The number of carbonyl (C=O) groups is 2. The zero-order valence-corrected chi connectivity index (χ0v) is 18.5. The van der Waals surface area contributed by atoms with E-state index in [4.69, 9.17) is 0 Å². The third-order valence-corrected chi connectivity index (χ3v) is 7.15. The number of carbonyl (C=O) groups excluding carboxylic acids is 2. The molecule has 0 spiro atoms. The quantitative estimate of drug-likeness (QED) is 0.685. The maximum atomic E-state index is 12.9. The highest BCUT2D eigenvalue weighted by Crippen LogP contribution is 2.26. The standard InChI is InChI=1S/C20H32N4O4S/c1-22(2)20(26)15-23(3)14-19(25)21-16-10-12-18(13-11-16)29(27,28)24(4)17-8-6-5-7-9-17/h10-13,17H,5-9,14-15H2,1-4H3,(H,21,25). The summed E-state index contributed by atoms with van der Waals surface area (Å²) < 4.78 is 27.2. The van der Waals surface area contributed by atoms with Gasteiger partial charge in [-0.25, -0.2) is 8.42 Å². The fraction of sp³-hybridized carbons (Fsp3) is 0.600. The van der Waals surface area contributed by atoms with Crippen LogP contribution in [-0.4, -0.2) is 81.7 Å². The van der Waals surface area contributed by atoms with Crippen molar-refractivity contribution >= 4 is 27.5 Å². The lowest BCUT2D eigenvalue weighted by molar-refractivity contribution is -0.130. The summed E-state index contributed by atoms with van der Waals surface area (Å²) in [6.45, 7) is 0.204. The summed E-state index contributed by atoms with van der Waals surface area (Å²) in [6.07, 6.45) is 5.08. The molecule has 1 aromatic carbocycles. The van der Waals surface area contributed by atoms with E-state index >= 15 is 0 Å².